The summed E-state index contributed by atoms with van der Waals surface area (Å²) in [6.07, 6.45) is 1.53. The van der Waals surface area contributed by atoms with Crippen LogP contribution in [0.15, 0.2) is 83.6 Å². The average Bonchev–Trinajstić information content (AvgIpc) is 3.23. The lowest BCUT2D eigenvalue weighted by Crippen LogP contribution is -2.30. The van der Waals surface area contributed by atoms with Crippen molar-refractivity contribution in [3.8, 4) is 5.75 Å². The Labute approximate surface area is 195 Å². The summed E-state index contributed by atoms with van der Waals surface area (Å²) in [6, 6.07) is 15.7. The van der Waals surface area contributed by atoms with Gasteiger partial charge in [-0.25, -0.2) is 0 Å². The number of rotatable bonds is 3. The Morgan fingerprint density at radius 1 is 1.16 bits per heavy atom. The van der Waals surface area contributed by atoms with Crippen molar-refractivity contribution in [2.75, 3.05) is 5.32 Å². The lowest BCUT2D eigenvalue weighted by atomic mass is 10.2. The van der Waals surface area contributed by atoms with Crippen molar-refractivity contribution in [1.29, 1.82) is 0 Å². The van der Waals surface area contributed by atoms with Gasteiger partial charge in [-0.3, -0.25) is 13.9 Å². The molecule has 2 aromatic heterocycles. The van der Waals surface area contributed by atoms with Gasteiger partial charge in [-0.1, -0.05) is 51.0 Å². The molecule has 0 spiro atoms. The zero-order chi connectivity index (χ0) is 22.5. The van der Waals surface area contributed by atoms with Gasteiger partial charge in [0.2, 0.25) is 0 Å². The fourth-order valence-corrected chi connectivity index (χ4v) is 5.76. The molecule has 5 rings (SSSR count). The van der Waals surface area contributed by atoms with Gasteiger partial charge in [0.05, 0.1) is 22.1 Å². The van der Waals surface area contributed by atoms with Gasteiger partial charge in [0.15, 0.2) is 11.6 Å². The van der Waals surface area contributed by atoms with Crippen molar-refractivity contribution < 1.29 is 14.2 Å². The number of hydrogen-bond acceptors (Lipinski definition) is 8. The quantitative estimate of drug-likeness (QED) is 0.267. The summed E-state index contributed by atoms with van der Waals surface area (Å²) in [4.78, 5) is 13.6. The van der Waals surface area contributed by atoms with Crippen LogP contribution >= 0.6 is 38.0 Å². The van der Waals surface area contributed by atoms with E-state index in [1.807, 2.05) is 24.3 Å². The number of amidine groups is 1. The number of thiophene rings is 1. The van der Waals surface area contributed by atoms with Crippen molar-refractivity contribution >= 4 is 66.0 Å². The van der Waals surface area contributed by atoms with E-state index in [0.717, 1.165) is 14.7 Å². The van der Waals surface area contributed by atoms with Gasteiger partial charge in [0, 0.05) is 4.47 Å². The van der Waals surface area contributed by atoms with Gasteiger partial charge in [-0.15, -0.1) is 15.7 Å². The van der Waals surface area contributed by atoms with Crippen LogP contribution in [-0.4, -0.2) is 30.9 Å². The maximum Gasteiger partial charge on any atom is 0.286 e. The molecule has 1 aliphatic rings. The normalized spacial score (nSPS) is 15.9. The van der Waals surface area contributed by atoms with E-state index in [-0.39, 0.29) is 22.0 Å². The third kappa shape index (κ3) is 3.53. The number of pyridine rings is 1. The molecule has 0 bridgehead atoms. The number of nitrogens with zero attached hydrogens (tertiary/aromatic N) is 3. The lowest BCUT2D eigenvalue weighted by Gasteiger charge is -2.34. The Morgan fingerprint density at radius 3 is 2.78 bits per heavy atom. The van der Waals surface area contributed by atoms with Gasteiger partial charge in [0.1, 0.15) is 10.5 Å². The maximum atomic E-state index is 13.4. The summed E-state index contributed by atoms with van der Waals surface area (Å²) in [6.45, 7) is 0. The van der Waals surface area contributed by atoms with Crippen molar-refractivity contribution in [2.45, 2.75) is 4.90 Å². The van der Waals surface area contributed by atoms with E-state index in [1.54, 1.807) is 35.7 Å². The summed E-state index contributed by atoms with van der Waals surface area (Å²) in [7, 11) is -3.56. The van der Waals surface area contributed by atoms with Crippen LogP contribution in [0.4, 0.5) is 5.69 Å². The number of anilines is 1. The molecule has 3 heterocycles. The first-order valence-electron chi connectivity index (χ1n) is 9.25. The number of aromatic hydroxyl groups is 1. The van der Waals surface area contributed by atoms with E-state index in [2.05, 4.69) is 30.7 Å². The second-order valence-electron chi connectivity index (χ2n) is 6.85. The fraction of sp³-hybridized carbons (Fsp3) is 0. The Hall–Kier alpha value is -2.96. The van der Waals surface area contributed by atoms with Crippen molar-refractivity contribution in [2.24, 2.45) is 9.50 Å². The van der Waals surface area contributed by atoms with E-state index in [1.165, 1.54) is 17.6 Å². The Balaban J connectivity index is 1.70. The van der Waals surface area contributed by atoms with Crippen molar-refractivity contribution in [3.63, 3.8) is 0 Å². The molecular weight excluding hydrogens is 516 g/mol. The molecule has 0 radical (unpaired) electrons. The van der Waals surface area contributed by atoms with Crippen molar-refractivity contribution in [3.05, 3.63) is 85.9 Å². The first-order valence-corrected chi connectivity index (χ1v) is 12.4. The number of fused-ring (bicyclic) bond motifs is 2. The first-order chi connectivity index (χ1) is 15.3. The van der Waals surface area contributed by atoms with Crippen LogP contribution < -0.4 is 10.9 Å². The van der Waals surface area contributed by atoms with E-state index in [4.69, 9.17) is 0 Å². The third-order valence-electron chi connectivity index (χ3n) is 4.79. The molecule has 0 fully saturated rings. The average molecular weight is 531 g/mol. The lowest BCUT2D eigenvalue weighted by molar-refractivity contribution is 0.479. The first kappa shape index (κ1) is 20.9. The summed E-state index contributed by atoms with van der Waals surface area (Å²) < 4.78 is 27.5. The highest BCUT2D eigenvalue weighted by molar-refractivity contribution is 9.10. The van der Waals surface area contributed by atoms with Crippen LogP contribution in [0.2, 0.25) is 0 Å². The standard InChI is InChI=1S/C21H15BrN4O4S2/c22-13-5-3-4-12(10-13)11-23-26-15-8-9-31-19(15)18(27)17(21(26)28)20-24-14-6-1-2-7-16(14)32(29,30)25-20/h1-11,27,29-30H,(H,24,25). The molecule has 4 N–H and O–H groups in total. The van der Waals surface area contributed by atoms with E-state index >= 15 is 0 Å². The number of benzene rings is 2. The molecule has 162 valence electrons. The number of para-hydroxylation sites is 1. The molecule has 8 nitrogen and oxygen atoms in total. The van der Waals surface area contributed by atoms with Crippen molar-refractivity contribution in [1.82, 2.24) is 4.68 Å². The van der Waals surface area contributed by atoms with Gasteiger partial charge >= 0.3 is 0 Å². The molecule has 0 amide bonds. The monoisotopic (exact) mass is 530 g/mol. The molecule has 0 aliphatic carbocycles. The second kappa shape index (κ2) is 7.87. The fourth-order valence-electron chi connectivity index (χ4n) is 3.36. The molecular formula is C21H15BrN4O4S2. The molecule has 0 atom stereocenters. The van der Waals surface area contributed by atoms with Crippen LogP contribution in [0, 0.1) is 0 Å². The summed E-state index contributed by atoms with van der Waals surface area (Å²) in [5, 5.41) is 19.9. The summed E-state index contributed by atoms with van der Waals surface area (Å²) in [5.74, 6) is -0.428. The third-order valence-corrected chi connectivity index (χ3v) is 7.58. The maximum absolute atomic E-state index is 13.4. The predicted octanol–water partition coefficient (Wildman–Crippen LogP) is 5.31. The van der Waals surface area contributed by atoms with Crippen LogP contribution in [0.1, 0.15) is 11.1 Å². The largest absolute Gasteiger partial charge is 0.505 e. The van der Waals surface area contributed by atoms with Gasteiger partial charge in [-0.2, -0.15) is 9.78 Å². The summed E-state index contributed by atoms with van der Waals surface area (Å²) >= 11 is 4.64. The highest BCUT2D eigenvalue weighted by Crippen LogP contribution is 2.55. The zero-order valence-corrected chi connectivity index (χ0v) is 19.4. The zero-order valence-electron chi connectivity index (χ0n) is 16.1. The van der Waals surface area contributed by atoms with Crippen LogP contribution in [-0.2, 0) is 0 Å². The molecule has 0 saturated carbocycles. The van der Waals surface area contributed by atoms with Crippen LogP contribution in [0.3, 0.4) is 0 Å². The molecule has 0 unspecified atom stereocenters. The highest BCUT2D eigenvalue weighted by atomic mass is 79.9. The van der Waals surface area contributed by atoms with Gasteiger partial charge in [0.25, 0.3) is 5.56 Å². The van der Waals surface area contributed by atoms with E-state index in [0.29, 0.717) is 15.9 Å². The molecule has 2 aromatic carbocycles. The molecule has 4 aromatic rings. The number of hydrogen-bond donors (Lipinski definition) is 4. The smallest absolute Gasteiger partial charge is 0.286 e. The minimum atomic E-state index is -3.56. The molecule has 11 heteroatoms. The number of halogens is 1. The second-order valence-corrected chi connectivity index (χ2v) is 10.3. The predicted molar refractivity (Wildman–Crippen MR) is 133 cm³/mol. The highest BCUT2D eigenvalue weighted by Gasteiger charge is 2.30. The Kier molecular flexibility index (Phi) is 5.14. The molecule has 32 heavy (non-hydrogen) atoms. The van der Waals surface area contributed by atoms with Gasteiger partial charge < -0.3 is 10.4 Å². The molecule has 0 saturated heterocycles. The SMILES string of the molecule is O=c1c(C2=NS(O)(O)c3ccccc3N2)c(O)c2sccc2n1N=Cc1cccc(Br)c1. The summed E-state index contributed by atoms with van der Waals surface area (Å²) in [5.41, 5.74) is 0.740. The number of aromatic nitrogens is 1. The topological polar surface area (TPSA) is 119 Å². The van der Waals surface area contributed by atoms with Gasteiger partial charge in [-0.05, 0) is 41.3 Å². The Bertz CT molecular complexity index is 1490. The van der Waals surface area contributed by atoms with E-state index in [9.17, 15) is 19.0 Å². The van der Waals surface area contributed by atoms with E-state index < -0.39 is 16.3 Å². The minimum absolute atomic E-state index is 0.132. The Morgan fingerprint density at radius 2 is 1.97 bits per heavy atom. The number of nitrogens with one attached hydrogen (secondary N) is 1. The van der Waals surface area contributed by atoms with Crippen LogP contribution in [0.5, 0.6) is 5.75 Å². The minimum Gasteiger partial charge on any atom is -0.505 e. The van der Waals surface area contributed by atoms with Crippen LogP contribution in [0.25, 0.3) is 10.2 Å². The molecule has 1 aliphatic heterocycles.